The Morgan fingerprint density at radius 3 is 2.42 bits per heavy atom. The molecule has 0 saturated heterocycles. The summed E-state index contributed by atoms with van der Waals surface area (Å²) in [6.07, 6.45) is 1.77. The number of carbonyl (C=O) groups excluding carboxylic acids is 1. The largest absolute Gasteiger partial charge is 0.493 e. The van der Waals surface area contributed by atoms with E-state index in [0.29, 0.717) is 43.2 Å². The highest BCUT2D eigenvalue weighted by Crippen LogP contribution is 2.36. The monoisotopic (exact) mass is 772 g/mol. The van der Waals surface area contributed by atoms with Crippen LogP contribution in [0.5, 0.6) is 11.5 Å². The second-order valence-electron chi connectivity index (χ2n) is 10.7. The first-order valence-corrected chi connectivity index (χ1v) is 16.8. The number of hydrogen-bond donors (Lipinski definition) is 1. The second kappa shape index (κ2) is 14.4. The highest BCUT2D eigenvalue weighted by atomic mass is 127. The van der Waals surface area contributed by atoms with E-state index in [9.17, 15) is 19.5 Å². The summed E-state index contributed by atoms with van der Waals surface area (Å²) in [6.45, 7) is 2.05. The fourth-order valence-electron chi connectivity index (χ4n) is 5.46. The van der Waals surface area contributed by atoms with Gasteiger partial charge in [0.15, 0.2) is 16.3 Å². The fourth-order valence-corrected chi connectivity index (χ4v) is 7.24. The van der Waals surface area contributed by atoms with Crippen molar-refractivity contribution in [2.75, 3.05) is 13.7 Å². The highest BCUT2D eigenvalue weighted by Gasteiger charge is 2.35. The van der Waals surface area contributed by atoms with E-state index in [2.05, 4.69) is 22.6 Å². The maximum atomic E-state index is 14.2. The van der Waals surface area contributed by atoms with Crippen LogP contribution in [0.1, 0.15) is 45.6 Å². The normalized spacial score (nSPS) is 14.2. The topological polar surface area (TPSA) is 116 Å². The van der Waals surface area contributed by atoms with Gasteiger partial charge in [-0.15, -0.1) is 0 Å². The number of halogens is 1. The third-order valence-corrected chi connectivity index (χ3v) is 9.38. The molecule has 242 valence electrons. The summed E-state index contributed by atoms with van der Waals surface area (Å²) in [7, 11) is 1.53. The molecule has 1 aliphatic rings. The summed E-state index contributed by atoms with van der Waals surface area (Å²) in [5, 5.41) is 9.33. The summed E-state index contributed by atoms with van der Waals surface area (Å²) in [6, 6.07) is 28.3. The van der Waals surface area contributed by atoms with Crippen LogP contribution in [0.3, 0.4) is 0 Å². The summed E-state index contributed by atoms with van der Waals surface area (Å²) in [5.41, 5.74) is 3.52. The smallest absolute Gasteiger partial charge is 0.338 e. The van der Waals surface area contributed by atoms with Crippen LogP contribution in [-0.4, -0.2) is 35.3 Å². The predicted molar refractivity (Wildman–Crippen MR) is 191 cm³/mol. The van der Waals surface area contributed by atoms with Gasteiger partial charge in [-0.3, -0.25) is 9.36 Å². The van der Waals surface area contributed by atoms with Crippen molar-refractivity contribution in [3.63, 3.8) is 0 Å². The molecule has 48 heavy (non-hydrogen) atoms. The number of thiazole rings is 1. The van der Waals surface area contributed by atoms with Gasteiger partial charge >= 0.3 is 11.9 Å². The number of ether oxygens (including phenoxy) is 3. The molecule has 1 aliphatic heterocycles. The summed E-state index contributed by atoms with van der Waals surface area (Å²) >= 11 is 3.38. The molecule has 0 amide bonds. The Morgan fingerprint density at radius 2 is 1.73 bits per heavy atom. The zero-order valence-electron chi connectivity index (χ0n) is 25.9. The van der Waals surface area contributed by atoms with Crippen molar-refractivity contribution in [2.45, 2.75) is 19.6 Å². The van der Waals surface area contributed by atoms with Crippen molar-refractivity contribution in [1.82, 2.24) is 4.57 Å². The summed E-state index contributed by atoms with van der Waals surface area (Å²) in [4.78, 5) is 44.6. The van der Waals surface area contributed by atoms with E-state index in [1.165, 1.54) is 24.5 Å². The molecule has 0 aliphatic carbocycles. The molecule has 0 unspecified atom stereocenters. The van der Waals surface area contributed by atoms with Gasteiger partial charge in [0.1, 0.15) is 6.61 Å². The average Bonchev–Trinajstić information content (AvgIpc) is 3.41. The number of benzene rings is 4. The van der Waals surface area contributed by atoms with E-state index in [1.807, 2.05) is 66.7 Å². The third-order valence-electron chi connectivity index (χ3n) is 7.60. The second-order valence-corrected chi connectivity index (χ2v) is 12.8. The van der Waals surface area contributed by atoms with Crippen molar-refractivity contribution in [3.8, 4) is 11.5 Å². The molecule has 0 radical (unpaired) electrons. The van der Waals surface area contributed by atoms with Gasteiger partial charge in [0.25, 0.3) is 5.56 Å². The van der Waals surface area contributed by atoms with Crippen LogP contribution in [0.4, 0.5) is 0 Å². The summed E-state index contributed by atoms with van der Waals surface area (Å²) < 4.78 is 20.0. The maximum absolute atomic E-state index is 14.2. The van der Waals surface area contributed by atoms with Crippen LogP contribution in [0.2, 0.25) is 0 Å². The molecule has 1 atom stereocenters. The van der Waals surface area contributed by atoms with Gasteiger partial charge in [0.05, 0.1) is 44.7 Å². The van der Waals surface area contributed by atoms with Crippen molar-refractivity contribution in [1.29, 1.82) is 0 Å². The lowest BCUT2D eigenvalue weighted by atomic mass is 9.93. The first kappa shape index (κ1) is 32.9. The predicted octanol–water partition coefficient (Wildman–Crippen LogP) is 5.83. The molecule has 0 saturated carbocycles. The van der Waals surface area contributed by atoms with Crippen molar-refractivity contribution < 1.29 is 28.9 Å². The lowest BCUT2D eigenvalue weighted by molar-refractivity contribution is -0.138. The van der Waals surface area contributed by atoms with Crippen LogP contribution in [0.25, 0.3) is 11.8 Å². The van der Waals surface area contributed by atoms with Gasteiger partial charge in [-0.1, -0.05) is 84.1 Å². The summed E-state index contributed by atoms with van der Waals surface area (Å²) in [5.74, 6) is -0.600. The Hall–Kier alpha value is -5.01. The minimum Gasteiger partial charge on any atom is -0.493 e. The number of aromatic carboxylic acids is 1. The third kappa shape index (κ3) is 6.69. The maximum Gasteiger partial charge on any atom is 0.338 e. The minimum absolute atomic E-state index is 0.136. The van der Waals surface area contributed by atoms with E-state index in [0.717, 1.165) is 14.7 Å². The van der Waals surface area contributed by atoms with Crippen LogP contribution in [0, 0.1) is 3.57 Å². The Labute approximate surface area is 293 Å². The molecule has 0 spiro atoms. The molecule has 1 aromatic heterocycles. The van der Waals surface area contributed by atoms with Crippen LogP contribution >= 0.6 is 33.9 Å². The molecule has 0 bridgehead atoms. The Bertz CT molecular complexity index is 2230. The molecular formula is C37H29IN2O7S. The van der Waals surface area contributed by atoms with E-state index in [-0.39, 0.29) is 24.3 Å². The molecule has 9 nitrogen and oxygen atoms in total. The number of rotatable bonds is 10. The number of esters is 1. The number of methoxy groups -OCH3 is 1. The van der Waals surface area contributed by atoms with E-state index in [4.69, 9.17) is 19.2 Å². The van der Waals surface area contributed by atoms with Gasteiger partial charge < -0.3 is 19.3 Å². The van der Waals surface area contributed by atoms with E-state index in [1.54, 1.807) is 41.8 Å². The number of carboxylic acid groups (broad SMARTS) is 1. The van der Waals surface area contributed by atoms with Gasteiger partial charge in [-0.2, -0.15) is 0 Å². The average molecular weight is 773 g/mol. The van der Waals surface area contributed by atoms with E-state index >= 15 is 0 Å². The molecular weight excluding hydrogens is 743 g/mol. The highest BCUT2D eigenvalue weighted by molar-refractivity contribution is 14.1. The molecule has 1 N–H and O–H groups in total. The first-order chi connectivity index (χ1) is 23.3. The molecule has 6 rings (SSSR count). The van der Waals surface area contributed by atoms with Crippen LogP contribution < -0.4 is 24.4 Å². The lowest BCUT2D eigenvalue weighted by Crippen LogP contribution is -2.40. The zero-order chi connectivity index (χ0) is 33.8. The number of carboxylic acids is 1. The van der Waals surface area contributed by atoms with E-state index < -0.39 is 18.0 Å². The van der Waals surface area contributed by atoms with Crippen LogP contribution in [0.15, 0.2) is 112 Å². The quantitative estimate of drug-likeness (QED) is 0.141. The molecule has 11 heteroatoms. The SMILES string of the molecule is CCOC(=O)C1=C(c2ccccc2)N=c2s/c(=C\c3cc(I)c(OCc4cccc(C(=O)O)c4)c(OC)c3)c(=O)n2[C@@H]1c1ccccc1. The van der Waals surface area contributed by atoms with Crippen LogP contribution in [-0.2, 0) is 16.1 Å². The Kier molecular flexibility index (Phi) is 9.88. The number of nitrogens with zero attached hydrogens (tertiary/aromatic N) is 2. The van der Waals surface area contributed by atoms with Gasteiger partial charge in [-0.25, -0.2) is 14.6 Å². The van der Waals surface area contributed by atoms with Gasteiger partial charge in [0.2, 0.25) is 0 Å². The number of carbonyl (C=O) groups is 2. The Balaban J connectivity index is 1.45. The molecule has 2 heterocycles. The minimum atomic E-state index is -1.01. The van der Waals surface area contributed by atoms with Crippen molar-refractivity contribution in [3.05, 3.63) is 154 Å². The lowest BCUT2D eigenvalue weighted by Gasteiger charge is -2.25. The van der Waals surface area contributed by atoms with Crippen molar-refractivity contribution in [2.24, 2.45) is 4.99 Å². The molecule has 4 aromatic carbocycles. The zero-order valence-corrected chi connectivity index (χ0v) is 28.9. The van der Waals surface area contributed by atoms with Gasteiger partial charge in [-0.05, 0) is 76.5 Å². The molecule has 0 fully saturated rings. The number of hydrogen-bond acceptors (Lipinski definition) is 8. The standard InChI is InChI=1S/C37H29IN2O7S/c1-3-46-36(44)30-31(24-12-6-4-7-13-24)39-37-40(32(30)25-14-8-5-9-15-25)34(41)29(48-37)20-23-18-27(38)33(28(19-23)45-2)47-21-22-11-10-16-26(17-22)35(42)43/h4-20,32H,3,21H2,1-2H3,(H,42,43)/b29-20-/t32-/m1/s1. The first-order valence-electron chi connectivity index (χ1n) is 14.9. The fraction of sp³-hybridized carbons (Fsp3) is 0.135. The van der Waals surface area contributed by atoms with Gasteiger partial charge in [0, 0.05) is 5.56 Å². The number of fused-ring (bicyclic) bond motifs is 1. The Morgan fingerprint density at radius 1 is 1.00 bits per heavy atom. The van der Waals surface area contributed by atoms with Crippen molar-refractivity contribution >= 4 is 57.6 Å². The number of aromatic nitrogens is 1. The molecule has 5 aromatic rings.